The topological polar surface area (TPSA) is 58.6 Å². The molecule has 0 aromatic heterocycles. The van der Waals surface area contributed by atoms with Crippen LogP contribution in [0.1, 0.15) is 38.2 Å². The van der Waals surface area contributed by atoms with Crippen LogP contribution in [0.4, 0.5) is 0 Å². The third-order valence-electron chi connectivity index (χ3n) is 3.33. The number of halogens is 2. The lowest BCUT2D eigenvalue weighted by Crippen LogP contribution is -2.27. The van der Waals surface area contributed by atoms with E-state index in [1.54, 1.807) is 12.1 Å². The minimum atomic E-state index is -0.982. The Morgan fingerprint density at radius 3 is 2.76 bits per heavy atom. The molecule has 6 heteroatoms. The highest BCUT2D eigenvalue weighted by Gasteiger charge is 2.24. The van der Waals surface area contributed by atoms with Crippen molar-refractivity contribution in [2.24, 2.45) is 0 Å². The summed E-state index contributed by atoms with van der Waals surface area (Å²) >= 11 is 12.2. The molecule has 0 radical (unpaired) electrons. The quantitative estimate of drug-likeness (QED) is 0.758. The van der Waals surface area contributed by atoms with E-state index in [4.69, 9.17) is 27.9 Å². The molecule has 0 aliphatic heterocycles. The summed E-state index contributed by atoms with van der Waals surface area (Å²) < 4.78 is 5.66. The summed E-state index contributed by atoms with van der Waals surface area (Å²) in [7, 11) is 0. The molecule has 1 aliphatic carbocycles. The van der Waals surface area contributed by atoms with Crippen molar-refractivity contribution in [2.75, 3.05) is 0 Å². The third kappa shape index (κ3) is 4.77. The van der Waals surface area contributed by atoms with Gasteiger partial charge in [-0.05, 0) is 31.4 Å². The van der Waals surface area contributed by atoms with Gasteiger partial charge in [0.25, 0.3) is 0 Å². The monoisotopic (exact) mass is 331 g/mol. The molecular formula is C15H19Cl2NO3. The highest BCUT2D eigenvalue weighted by molar-refractivity contribution is 6.35. The number of hydrogen-bond acceptors (Lipinski definition) is 3. The van der Waals surface area contributed by atoms with Crippen molar-refractivity contribution in [3.8, 4) is 5.75 Å². The second-order valence-electron chi connectivity index (χ2n) is 5.26. The van der Waals surface area contributed by atoms with Crippen molar-refractivity contribution in [1.82, 2.24) is 5.32 Å². The zero-order valence-corrected chi connectivity index (χ0v) is 13.4. The van der Waals surface area contributed by atoms with E-state index in [0.29, 0.717) is 34.8 Å². The lowest BCUT2D eigenvalue weighted by atomic mass is 10.1. The molecule has 1 aromatic rings. The predicted molar refractivity (Wildman–Crippen MR) is 83.3 cm³/mol. The van der Waals surface area contributed by atoms with Gasteiger partial charge in [0.2, 0.25) is 0 Å². The molecule has 0 heterocycles. The fourth-order valence-corrected chi connectivity index (χ4v) is 2.64. The molecule has 1 saturated carbocycles. The maximum atomic E-state index is 11.2. The van der Waals surface area contributed by atoms with Gasteiger partial charge < -0.3 is 15.2 Å². The molecule has 1 aliphatic rings. The van der Waals surface area contributed by atoms with Gasteiger partial charge in [-0.2, -0.15) is 0 Å². The highest BCUT2D eigenvalue weighted by Crippen LogP contribution is 2.34. The number of carboxylic acid groups (broad SMARTS) is 1. The second kappa shape index (κ2) is 7.34. The van der Waals surface area contributed by atoms with E-state index in [2.05, 4.69) is 5.32 Å². The number of rotatable bonds is 8. The Morgan fingerprint density at radius 1 is 1.48 bits per heavy atom. The molecule has 1 unspecified atom stereocenters. The minimum Gasteiger partial charge on any atom is -0.479 e. The van der Waals surface area contributed by atoms with Crippen molar-refractivity contribution in [1.29, 1.82) is 0 Å². The third-order valence-corrected chi connectivity index (χ3v) is 3.83. The molecule has 2 N–H and O–H groups in total. The van der Waals surface area contributed by atoms with Crippen molar-refractivity contribution in [2.45, 2.75) is 51.3 Å². The summed E-state index contributed by atoms with van der Waals surface area (Å²) in [6.45, 7) is 2.48. The average molecular weight is 332 g/mol. The molecule has 2 rings (SSSR count). The Balaban J connectivity index is 2.19. The van der Waals surface area contributed by atoms with Crippen LogP contribution in [0.5, 0.6) is 5.75 Å². The first-order chi connectivity index (χ1) is 10.0. The summed E-state index contributed by atoms with van der Waals surface area (Å²) in [5.74, 6) is -0.570. The first kappa shape index (κ1) is 16.4. The summed E-state index contributed by atoms with van der Waals surface area (Å²) in [4.78, 5) is 11.2. The van der Waals surface area contributed by atoms with Gasteiger partial charge in [-0.3, -0.25) is 0 Å². The maximum absolute atomic E-state index is 11.2. The lowest BCUT2D eigenvalue weighted by molar-refractivity contribution is -0.145. The fraction of sp³-hybridized carbons (Fsp3) is 0.533. The number of carbonyl (C=O) groups is 1. The molecule has 21 heavy (non-hydrogen) atoms. The molecule has 4 nitrogen and oxygen atoms in total. The molecule has 1 fully saturated rings. The van der Waals surface area contributed by atoms with Crippen LogP contribution in [0.25, 0.3) is 0 Å². The Hall–Kier alpha value is -0.970. The molecule has 1 aromatic carbocycles. The zero-order valence-electron chi connectivity index (χ0n) is 11.9. The van der Waals surface area contributed by atoms with E-state index in [1.807, 2.05) is 6.92 Å². The SMILES string of the molecule is CCCC(Oc1c(Cl)cc(Cl)cc1CNC1CC1)C(=O)O. The smallest absolute Gasteiger partial charge is 0.344 e. The largest absolute Gasteiger partial charge is 0.479 e. The van der Waals surface area contributed by atoms with E-state index >= 15 is 0 Å². The Morgan fingerprint density at radius 2 is 2.19 bits per heavy atom. The van der Waals surface area contributed by atoms with Crippen molar-refractivity contribution in [3.05, 3.63) is 27.7 Å². The van der Waals surface area contributed by atoms with Gasteiger partial charge in [0.05, 0.1) is 5.02 Å². The lowest BCUT2D eigenvalue weighted by Gasteiger charge is -2.19. The van der Waals surface area contributed by atoms with Crippen LogP contribution in [-0.4, -0.2) is 23.2 Å². The maximum Gasteiger partial charge on any atom is 0.344 e. The van der Waals surface area contributed by atoms with E-state index in [-0.39, 0.29) is 0 Å². The van der Waals surface area contributed by atoms with Gasteiger partial charge in [0.15, 0.2) is 6.10 Å². The minimum absolute atomic E-state index is 0.345. The molecule has 0 amide bonds. The van der Waals surface area contributed by atoms with Crippen LogP contribution < -0.4 is 10.1 Å². The summed E-state index contributed by atoms with van der Waals surface area (Å²) in [6.07, 6.45) is 2.59. The van der Waals surface area contributed by atoms with Gasteiger partial charge in [-0.15, -0.1) is 0 Å². The normalized spacial score (nSPS) is 15.8. The highest BCUT2D eigenvalue weighted by atomic mass is 35.5. The molecule has 1 atom stereocenters. The fourth-order valence-electron chi connectivity index (χ4n) is 2.06. The van der Waals surface area contributed by atoms with Gasteiger partial charge in [-0.1, -0.05) is 36.5 Å². The molecular weight excluding hydrogens is 313 g/mol. The first-order valence-electron chi connectivity index (χ1n) is 7.12. The van der Waals surface area contributed by atoms with E-state index in [1.165, 1.54) is 0 Å². The Bertz CT molecular complexity index is 518. The van der Waals surface area contributed by atoms with Crippen LogP contribution in [0, 0.1) is 0 Å². The second-order valence-corrected chi connectivity index (χ2v) is 6.11. The van der Waals surface area contributed by atoms with Gasteiger partial charge in [0.1, 0.15) is 5.75 Å². The number of hydrogen-bond donors (Lipinski definition) is 2. The van der Waals surface area contributed by atoms with Crippen LogP contribution in [-0.2, 0) is 11.3 Å². The molecule has 0 spiro atoms. The predicted octanol–water partition coefficient (Wildman–Crippen LogP) is 3.88. The Labute approximate surface area is 134 Å². The summed E-state index contributed by atoms with van der Waals surface area (Å²) in [5, 5.41) is 13.4. The number of aliphatic carboxylic acids is 1. The van der Waals surface area contributed by atoms with Crippen LogP contribution in [0.3, 0.4) is 0 Å². The van der Waals surface area contributed by atoms with Gasteiger partial charge in [0, 0.05) is 23.2 Å². The number of carboxylic acids is 1. The molecule has 116 valence electrons. The average Bonchev–Trinajstić information content (AvgIpc) is 3.22. The Kier molecular flexibility index (Phi) is 5.73. The van der Waals surface area contributed by atoms with Crippen molar-refractivity contribution >= 4 is 29.2 Å². The summed E-state index contributed by atoms with van der Waals surface area (Å²) in [6, 6.07) is 3.87. The number of ether oxygens (including phenoxy) is 1. The van der Waals surface area contributed by atoms with Crippen LogP contribution >= 0.6 is 23.2 Å². The number of benzene rings is 1. The molecule has 0 bridgehead atoms. The van der Waals surface area contributed by atoms with E-state index < -0.39 is 12.1 Å². The number of nitrogens with one attached hydrogen (secondary N) is 1. The standard InChI is InChI=1S/C15H19Cl2NO3/c1-2-3-13(15(19)20)21-14-9(8-18-11-4-5-11)6-10(16)7-12(14)17/h6-7,11,13,18H,2-5,8H2,1H3,(H,19,20). The van der Waals surface area contributed by atoms with Crippen LogP contribution in [0.2, 0.25) is 10.0 Å². The van der Waals surface area contributed by atoms with Crippen molar-refractivity contribution < 1.29 is 14.6 Å². The van der Waals surface area contributed by atoms with Gasteiger partial charge in [-0.25, -0.2) is 4.79 Å². The van der Waals surface area contributed by atoms with E-state index in [9.17, 15) is 9.90 Å². The molecule has 0 saturated heterocycles. The first-order valence-corrected chi connectivity index (χ1v) is 7.87. The van der Waals surface area contributed by atoms with E-state index in [0.717, 1.165) is 24.8 Å². The van der Waals surface area contributed by atoms with Gasteiger partial charge >= 0.3 is 5.97 Å². The van der Waals surface area contributed by atoms with Crippen molar-refractivity contribution in [3.63, 3.8) is 0 Å². The zero-order chi connectivity index (χ0) is 15.4. The van der Waals surface area contributed by atoms with Crippen LogP contribution in [0.15, 0.2) is 12.1 Å². The summed E-state index contributed by atoms with van der Waals surface area (Å²) in [5.41, 5.74) is 0.793.